The minimum Gasteiger partial charge on any atom is -0.548 e. The molecule has 7 nitrogen and oxygen atoms in total. The fraction of sp³-hybridized carbons (Fsp3) is 0.545. The largest absolute Gasteiger partial charge is 0.548 e. The summed E-state index contributed by atoms with van der Waals surface area (Å²) < 4.78 is 1.66. The van der Waals surface area contributed by atoms with Crippen LogP contribution in [0.25, 0.3) is 10.9 Å². The lowest BCUT2D eigenvalue weighted by molar-refractivity contribution is -0.309. The SMILES string of the molecule is CC[C@@H](C)[C@H](NC(=O)C1CCC(Cn2cnc3ccccc3c2=O)CC1)C(=O)[O-]. The summed E-state index contributed by atoms with van der Waals surface area (Å²) >= 11 is 0. The number of benzene rings is 1. The van der Waals surface area contributed by atoms with E-state index in [0.29, 0.717) is 42.6 Å². The Labute approximate surface area is 170 Å². The van der Waals surface area contributed by atoms with Gasteiger partial charge in [-0.15, -0.1) is 0 Å². The minimum atomic E-state index is -1.23. The Bertz CT molecular complexity index is 931. The Morgan fingerprint density at radius 2 is 1.93 bits per heavy atom. The second-order valence-electron chi connectivity index (χ2n) is 8.13. The summed E-state index contributed by atoms with van der Waals surface area (Å²) in [5.41, 5.74) is 0.652. The monoisotopic (exact) mass is 398 g/mol. The highest BCUT2D eigenvalue weighted by Gasteiger charge is 2.29. The van der Waals surface area contributed by atoms with Crippen LogP contribution in [0.4, 0.5) is 0 Å². The summed E-state index contributed by atoms with van der Waals surface area (Å²) in [6.45, 7) is 4.27. The number of carbonyl (C=O) groups is 2. The average molecular weight is 398 g/mol. The molecule has 29 heavy (non-hydrogen) atoms. The van der Waals surface area contributed by atoms with Crippen molar-refractivity contribution < 1.29 is 14.7 Å². The van der Waals surface area contributed by atoms with Gasteiger partial charge in [-0.25, -0.2) is 4.98 Å². The van der Waals surface area contributed by atoms with Gasteiger partial charge in [0.25, 0.3) is 5.56 Å². The van der Waals surface area contributed by atoms with E-state index in [0.717, 1.165) is 12.8 Å². The molecule has 1 fully saturated rings. The fourth-order valence-corrected chi connectivity index (χ4v) is 4.06. The van der Waals surface area contributed by atoms with Crippen molar-refractivity contribution in [3.05, 3.63) is 40.9 Å². The van der Waals surface area contributed by atoms with E-state index in [-0.39, 0.29) is 23.3 Å². The zero-order chi connectivity index (χ0) is 21.0. The minimum absolute atomic E-state index is 0.0409. The van der Waals surface area contributed by atoms with E-state index < -0.39 is 12.0 Å². The van der Waals surface area contributed by atoms with Crippen molar-refractivity contribution in [3.8, 4) is 0 Å². The number of para-hydroxylation sites is 1. The van der Waals surface area contributed by atoms with E-state index in [2.05, 4.69) is 10.3 Å². The van der Waals surface area contributed by atoms with Crippen LogP contribution < -0.4 is 16.0 Å². The van der Waals surface area contributed by atoms with Gasteiger partial charge in [0.15, 0.2) is 0 Å². The third kappa shape index (κ3) is 4.83. The Hall–Kier alpha value is -2.70. The standard InChI is InChI=1S/C22H29N3O4/c1-3-14(2)19(22(28)29)24-20(26)16-10-8-15(9-11-16)12-25-13-23-18-7-5-4-6-17(18)21(25)27/h4-7,13-16,19H,3,8-12H2,1-2H3,(H,24,26)(H,28,29)/p-1/t14-,15?,16?,19+/m1/s1. The number of hydrogen-bond acceptors (Lipinski definition) is 5. The van der Waals surface area contributed by atoms with E-state index in [1.54, 1.807) is 23.9 Å². The van der Waals surface area contributed by atoms with Crippen molar-refractivity contribution in [1.29, 1.82) is 0 Å². The zero-order valence-corrected chi connectivity index (χ0v) is 17.0. The fourth-order valence-electron chi connectivity index (χ4n) is 4.06. The van der Waals surface area contributed by atoms with Crippen molar-refractivity contribution in [3.63, 3.8) is 0 Å². The second kappa shape index (κ2) is 9.20. The molecule has 0 spiro atoms. The number of carboxylic acids is 1. The number of amides is 1. The summed E-state index contributed by atoms with van der Waals surface area (Å²) in [6, 6.07) is 6.35. The first-order valence-corrected chi connectivity index (χ1v) is 10.4. The van der Waals surface area contributed by atoms with Crippen LogP contribution in [0.2, 0.25) is 0 Å². The number of rotatable bonds is 7. The molecule has 2 atom stereocenters. The maximum absolute atomic E-state index is 12.6. The van der Waals surface area contributed by atoms with Gasteiger partial charge in [-0.05, 0) is 49.7 Å². The molecule has 1 aromatic heterocycles. The number of fused-ring (bicyclic) bond motifs is 1. The highest BCUT2D eigenvalue weighted by atomic mass is 16.4. The molecule has 2 aromatic rings. The molecule has 156 valence electrons. The van der Waals surface area contributed by atoms with Gasteiger partial charge in [-0.3, -0.25) is 14.2 Å². The molecule has 0 radical (unpaired) electrons. The predicted molar refractivity (Wildman–Crippen MR) is 108 cm³/mol. The first-order chi connectivity index (χ1) is 13.9. The lowest BCUT2D eigenvalue weighted by Crippen LogP contribution is -2.53. The molecule has 7 heteroatoms. The molecule has 0 saturated heterocycles. The summed E-state index contributed by atoms with van der Waals surface area (Å²) in [7, 11) is 0. The van der Waals surface area contributed by atoms with Crippen molar-refractivity contribution >= 4 is 22.8 Å². The van der Waals surface area contributed by atoms with Crippen molar-refractivity contribution in [2.45, 2.75) is 58.5 Å². The third-order valence-electron chi connectivity index (χ3n) is 6.17. The van der Waals surface area contributed by atoms with Crippen LogP contribution in [0, 0.1) is 17.8 Å². The van der Waals surface area contributed by atoms with Crippen molar-refractivity contribution in [1.82, 2.24) is 14.9 Å². The van der Waals surface area contributed by atoms with E-state index in [1.165, 1.54) is 0 Å². The van der Waals surface area contributed by atoms with Gasteiger partial charge in [0.1, 0.15) is 0 Å². The van der Waals surface area contributed by atoms with Crippen LogP contribution in [-0.4, -0.2) is 27.5 Å². The number of aromatic nitrogens is 2. The van der Waals surface area contributed by atoms with Crippen LogP contribution in [0.1, 0.15) is 46.0 Å². The second-order valence-corrected chi connectivity index (χ2v) is 8.13. The summed E-state index contributed by atoms with van der Waals surface area (Å²) in [6.07, 6.45) is 5.26. The van der Waals surface area contributed by atoms with E-state index in [4.69, 9.17) is 0 Å². The van der Waals surface area contributed by atoms with Gasteiger partial charge in [0, 0.05) is 12.5 Å². The summed E-state index contributed by atoms with van der Waals surface area (Å²) in [4.78, 5) is 40.9. The van der Waals surface area contributed by atoms with Gasteiger partial charge in [0.05, 0.1) is 29.2 Å². The number of hydrogen-bond donors (Lipinski definition) is 1. The van der Waals surface area contributed by atoms with E-state index in [1.807, 2.05) is 25.1 Å². The normalized spacial score (nSPS) is 21.4. The van der Waals surface area contributed by atoms with Gasteiger partial charge >= 0.3 is 0 Å². The van der Waals surface area contributed by atoms with Crippen LogP contribution in [-0.2, 0) is 16.1 Å². The van der Waals surface area contributed by atoms with Crippen LogP contribution in [0.3, 0.4) is 0 Å². The van der Waals surface area contributed by atoms with E-state index >= 15 is 0 Å². The Morgan fingerprint density at radius 1 is 1.24 bits per heavy atom. The topological polar surface area (TPSA) is 104 Å². The number of carbonyl (C=O) groups excluding carboxylic acids is 2. The molecular formula is C22H28N3O4-. The lowest BCUT2D eigenvalue weighted by Gasteiger charge is -2.31. The van der Waals surface area contributed by atoms with Crippen LogP contribution in [0.15, 0.2) is 35.4 Å². The molecular weight excluding hydrogens is 370 g/mol. The molecule has 1 saturated carbocycles. The highest BCUT2D eigenvalue weighted by Crippen LogP contribution is 2.30. The average Bonchev–Trinajstić information content (AvgIpc) is 2.73. The quantitative estimate of drug-likeness (QED) is 0.761. The molecule has 1 amide bonds. The van der Waals surface area contributed by atoms with Crippen LogP contribution >= 0.6 is 0 Å². The molecule has 1 aliphatic carbocycles. The Balaban J connectivity index is 1.58. The summed E-state index contributed by atoms with van der Waals surface area (Å²) in [5, 5.41) is 14.6. The van der Waals surface area contributed by atoms with Gasteiger partial charge in [-0.2, -0.15) is 0 Å². The Kier molecular flexibility index (Phi) is 6.67. The predicted octanol–water partition coefficient (Wildman–Crippen LogP) is 1.48. The molecule has 1 aliphatic rings. The van der Waals surface area contributed by atoms with Crippen LogP contribution in [0.5, 0.6) is 0 Å². The lowest BCUT2D eigenvalue weighted by atomic mass is 9.81. The molecule has 0 bridgehead atoms. The number of carboxylic acid groups (broad SMARTS) is 1. The van der Waals surface area contributed by atoms with E-state index in [9.17, 15) is 19.5 Å². The van der Waals surface area contributed by atoms with Gasteiger partial charge < -0.3 is 15.2 Å². The molecule has 1 N–H and O–H groups in total. The smallest absolute Gasteiger partial charge is 0.261 e. The number of nitrogens with one attached hydrogen (secondary N) is 1. The van der Waals surface area contributed by atoms with Crippen molar-refractivity contribution in [2.24, 2.45) is 17.8 Å². The summed E-state index contributed by atoms with van der Waals surface area (Å²) in [5.74, 6) is -1.51. The molecule has 1 heterocycles. The third-order valence-corrected chi connectivity index (χ3v) is 6.17. The van der Waals surface area contributed by atoms with Gasteiger partial charge in [0.2, 0.25) is 5.91 Å². The molecule has 0 unspecified atom stereocenters. The number of nitrogens with zero attached hydrogens (tertiary/aromatic N) is 2. The molecule has 3 rings (SSSR count). The molecule has 0 aliphatic heterocycles. The first kappa shape index (κ1) is 21.0. The number of aliphatic carboxylic acids is 1. The maximum atomic E-state index is 12.6. The Morgan fingerprint density at radius 3 is 2.59 bits per heavy atom. The van der Waals surface area contributed by atoms with Gasteiger partial charge in [-0.1, -0.05) is 32.4 Å². The highest BCUT2D eigenvalue weighted by molar-refractivity contribution is 5.84. The van der Waals surface area contributed by atoms with Crippen molar-refractivity contribution in [2.75, 3.05) is 0 Å². The zero-order valence-electron chi connectivity index (χ0n) is 17.0. The first-order valence-electron chi connectivity index (χ1n) is 10.4. The maximum Gasteiger partial charge on any atom is 0.261 e. The molecule has 1 aromatic carbocycles.